The molecule has 2 unspecified atom stereocenters. The maximum Gasteiger partial charge on any atom is 0.0325 e. The molecular weight excluding hydrogens is 230 g/mol. The van der Waals surface area contributed by atoms with E-state index in [0.29, 0.717) is 12.1 Å². The van der Waals surface area contributed by atoms with Gasteiger partial charge < -0.3 is 5.32 Å². The maximum absolute atomic E-state index is 3.94. The second-order valence-corrected chi connectivity index (χ2v) is 6.66. The largest absolute Gasteiger partial charge is 0.307 e. The second kappa shape index (κ2) is 5.66. The molecule has 3 rings (SSSR count). The lowest BCUT2D eigenvalue weighted by molar-refractivity contribution is 0.318. The Kier molecular flexibility index (Phi) is 3.93. The first kappa shape index (κ1) is 13.2. The van der Waals surface area contributed by atoms with Crippen molar-refractivity contribution >= 4 is 0 Å². The Morgan fingerprint density at radius 3 is 2.42 bits per heavy atom. The summed E-state index contributed by atoms with van der Waals surface area (Å²) in [6, 6.07) is 10.3. The molecule has 1 aromatic rings. The smallest absolute Gasteiger partial charge is 0.0325 e. The highest BCUT2D eigenvalue weighted by Gasteiger charge is 2.28. The lowest BCUT2D eigenvalue weighted by atomic mass is 9.80. The highest BCUT2D eigenvalue weighted by molar-refractivity contribution is 5.35. The average molecular weight is 257 g/mol. The van der Waals surface area contributed by atoms with Crippen molar-refractivity contribution in [2.24, 2.45) is 5.92 Å². The lowest BCUT2D eigenvalue weighted by Crippen LogP contribution is -2.37. The van der Waals surface area contributed by atoms with Gasteiger partial charge in [-0.05, 0) is 55.6 Å². The van der Waals surface area contributed by atoms with Gasteiger partial charge in [0, 0.05) is 12.1 Å². The summed E-state index contributed by atoms with van der Waals surface area (Å²) < 4.78 is 0. The van der Waals surface area contributed by atoms with Crippen LogP contribution in [0.25, 0.3) is 0 Å². The number of rotatable bonds is 3. The molecule has 0 aromatic heterocycles. The van der Waals surface area contributed by atoms with Crippen LogP contribution in [0, 0.1) is 5.92 Å². The summed E-state index contributed by atoms with van der Waals surface area (Å²) in [5.41, 5.74) is 3.14. The van der Waals surface area contributed by atoms with E-state index >= 15 is 0 Å². The van der Waals surface area contributed by atoms with Crippen LogP contribution in [-0.4, -0.2) is 6.04 Å². The van der Waals surface area contributed by atoms with Crippen molar-refractivity contribution in [1.82, 2.24) is 5.32 Å². The first-order valence-corrected chi connectivity index (χ1v) is 8.10. The van der Waals surface area contributed by atoms with Crippen LogP contribution >= 0.6 is 0 Å². The molecule has 1 heteroatoms. The third-order valence-corrected chi connectivity index (χ3v) is 5.36. The number of hydrogen-bond donors (Lipinski definition) is 1. The Morgan fingerprint density at radius 1 is 1.00 bits per heavy atom. The molecule has 2 aliphatic carbocycles. The minimum absolute atomic E-state index is 0.586. The molecule has 2 aliphatic rings. The molecular formula is C18H27N. The van der Waals surface area contributed by atoms with Crippen molar-refractivity contribution < 1.29 is 0 Å². The zero-order valence-corrected chi connectivity index (χ0v) is 12.4. The monoisotopic (exact) mass is 257 g/mol. The second-order valence-electron chi connectivity index (χ2n) is 6.66. The summed E-state index contributed by atoms with van der Waals surface area (Å²) in [5.74, 6) is 1.64. The Hall–Kier alpha value is -0.820. The molecule has 0 saturated heterocycles. The van der Waals surface area contributed by atoms with Gasteiger partial charge in [-0.1, -0.05) is 44.0 Å². The van der Waals surface area contributed by atoms with E-state index in [4.69, 9.17) is 0 Å². The quantitative estimate of drug-likeness (QED) is 0.820. The Labute approximate surface area is 117 Å². The predicted molar refractivity (Wildman–Crippen MR) is 81.4 cm³/mol. The van der Waals surface area contributed by atoms with Gasteiger partial charge in [-0.25, -0.2) is 0 Å². The van der Waals surface area contributed by atoms with E-state index in [1.54, 1.807) is 11.1 Å². The van der Waals surface area contributed by atoms with E-state index < -0.39 is 0 Å². The fraction of sp³-hybridized carbons (Fsp3) is 0.667. The number of hydrogen-bond acceptors (Lipinski definition) is 1. The van der Waals surface area contributed by atoms with Gasteiger partial charge in [-0.3, -0.25) is 0 Å². The van der Waals surface area contributed by atoms with Crippen molar-refractivity contribution in [3.63, 3.8) is 0 Å². The molecule has 0 heterocycles. The minimum atomic E-state index is 0.586. The van der Waals surface area contributed by atoms with Gasteiger partial charge in [-0.15, -0.1) is 0 Å². The van der Waals surface area contributed by atoms with Gasteiger partial charge in [0.25, 0.3) is 0 Å². The molecule has 104 valence electrons. The molecule has 1 aromatic carbocycles. The third-order valence-electron chi connectivity index (χ3n) is 5.36. The van der Waals surface area contributed by atoms with Gasteiger partial charge >= 0.3 is 0 Å². The van der Waals surface area contributed by atoms with Gasteiger partial charge in [0.15, 0.2) is 0 Å². The van der Waals surface area contributed by atoms with E-state index in [9.17, 15) is 0 Å². The average Bonchev–Trinajstić information content (AvgIpc) is 2.96. The Bertz CT molecular complexity index is 419. The zero-order chi connectivity index (χ0) is 13.2. The Morgan fingerprint density at radius 2 is 1.68 bits per heavy atom. The zero-order valence-electron chi connectivity index (χ0n) is 12.4. The predicted octanol–water partition coefficient (Wildman–Crippen LogP) is 4.79. The third kappa shape index (κ3) is 2.72. The van der Waals surface area contributed by atoms with Crippen LogP contribution in [0.4, 0.5) is 0 Å². The first-order chi connectivity index (χ1) is 9.25. The number of fused-ring (bicyclic) bond motifs is 1. The molecule has 0 radical (unpaired) electrons. The van der Waals surface area contributed by atoms with Crippen LogP contribution < -0.4 is 5.32 Å². The van der Waals surface area contributed by atoms with E-state index in [2.05, 4.69) is 43.4 Å². The summed E-state index contributed by atoms with van der Waals surface area (Å²) in [4.78, 5) is 0. The summed E-state index contributed by atoms with van der Waals surface area (Å²) in [7, 11) is 0. The lowest BCUT2D eigenvalue weighted by Gasteiger charge is -2.34. The highest BCUT2D eigenvalue weighted by atomic mass is 15.0. The fourth-order valence-electron chi connectivity index (χ4n) is 4.09. The number of nitrogens with one attached hydrogen (secondary N) is 1. The van der Waals surface area contributed by atoms with Crippen LogP contribution in [-0.2, 0) is 0 Å². The molecule has 3 atom stereocenters. The topological polar surface area (TPSA) is 12.0 Å². The normalized spacial score (nSPS) is 29.2. The summed E-state index contributed by atoms with van der Waals surface area (Å²) in [6.45, 7) is 4.77. The van der Waals surface area contributed by atoms with Crippen molar-refractivity contribution in [3.8, 4) is 0 Å². The van der Waals surface area contributed by atoms with E-state index in [1.165, 1.54) is 38.5 Å². The van der Waals surface area contributed by atoms with Gasteiger partial charge in [0.1, 0.15) is 0 Å². The van der Waals surface area contributed by atoms with Crippen LogP contribution in [0.3, 0.4) is 0 Å². The van der Waals surface area contributed by atoms with Crippen molar-refractivity contribution in [2.45, 2.75) is 70.4 Å². The minimum Gasteiger partial charge on any atom is -0.307 e. The van der Waals surface area contributed by atoms with Gasteiger partial charge in [0.05, 0.1) is 0 Å². The fourth-order valence-corrected chi connectivity index (χ4v) is 4.09. The van der Waals surface area contributed by atoms with E-state index in [-0.39, 0.29) is 0 Å². The van der Waals surface area contributed by atoms with Crippen LogP contribution in [0.2, 0.25) is 0 Å². The number of benzene rings is 1. The van der Waals surface area contributed by atoms with Gasteiger partial charge in [0.2, 0.25) is 0 Å². The standard InChI is InChI=1S/C18H27N/c1-13-11-12-18(17-10-6-5-9-16(13)17)19-14(2)15-7-3-4-8-15/h5-6,9-10,13-15,18-19H,3-4,7-8,11-12H2,1-2H3/t13?,14-,18?/m0/s1. The first-order valence-electron chi connectivity index (χ1n) is 8.10. The molecule has 1 saturated carbocycles. The molecule has 0 spiro atoms. The van der Waals surface area contributed by atoms with Crippen molar-refractivity contribution in [3.05, 3.63) is 35.4 Å². The maximum atomic E-state index is 3.94. The van der Waals surface area contributed by atoms with Gasteiger partial charge in [-0.2, -0.15) is 0 Å². The molecule has 19 heavy (non-hydrogen) atoms. The van der Waals surface area contributed by atoms with Crippen LogP contribution in [0.15, 0.2) is 24.3 Å². The van der Waals surface area contributed by atoms with E-state index in [0.717, 1.165) is 11.8 Å². The molecule has 0 aliphatic heterocycles. The van der Waals surface area contributed by atoms with Crippen molar-refractivity contribution in [2.75, 3.05) is 0 Å². The highest BCUT2D eigenvalue weighted by Crippen LogP contribution is 2.38. The molecule has 0 bridgehead atoms. The van der Waals surface area contributed by atoms with E-state index in [1.807, 2.05) is 0 Å². The molecule has 1 nitrogen and oxygen atoms in total. The van der Waals surface area contributed by atoms with Crippen molar-refractivity contribution in [1.29, 1.82) is 0 Å². The summed E-state index contributed by atoms with van der Waals surface area (Å²) >= 11 is 0. The van der Waals surface area contributed by atoms with Crippen LogP contribution in [0.5, 0.6) is 0 Å². The molecule has 0 amide bonds. The molecule has 1 N–H and O–H groups in total. The Balaban J connectivity index is 1.73. The summed E-state index contributed by atoms with van der Waals surface area (Å²) in [5, 5.41) is 3.94. The summed E-state index contributed by atoms with van der Waals surface area (Å²) in [6.07, 6.45) is 8.36. The SMILES string of the molecule is CC1CCC(N[C@@H](C)C2CCCC2)c2ccccc21. The molecule has 1 fully saturated rings. The van der Waals surface area contributed by atoms with Crippen LogP contribution in [0.1, 0.15) is 75.5 Å².